The number of hydrogen-bond acceptors (Lipinski definition) is 3. The molecule has 2 rings (SSSR count). The molecule has 1 heterocycles. The van der Waals surface area contributed by atoms with Crippen LogP contribution in [0.5, 0.6) is 0 Å². The molecule has 15 heavy (non-hydrogen) atoms. The summed E-state index contributed by atoms with van der Waals surface area (Å²) in [4.78, 5) is 4.95. The molecule has 0 aliphatic carbocycles. The van der Waals surface area contributed by atoms with Crippen molar-refractivity contribution in [3.8, 4) is 0 Å². The first-order valence-electron chi connectivity index (χ1n) is 4.28. The van der Waals surface area contributed by atoms with Gasteiger partial charge in [-0.15, -0.1) is 11.3 Å². The number of benzene rings is 1. The molecule has 1 aromatic heterocycles. The zero-order chi connectivity index (χ0) is 10.8. The number of nitrogens with two attached hydrogens (primary N) is 1. The van der Waals surface area contributed by atoms with Gasteiger partial charge in [-0.1, -0.05) is 35.3 Å². The lowest BCUT2D eigenvalue weighted by Gasteiger charge is -2.12. The molecule has 1 atom stereocenters. The number of hydrogen-bond donors (Lipinski definition) is 1. The second-order valence-corrected chi connectivity index (χ2v) is 4.73. The Morgan fingerprint density at radius 3 is 2.80 bits per heavy atom. The molecule has 0 fully saturated rings. The van der Waals surface area contributed by atoms with Gasteiger partial charge in [0.1, 0.15) is 0 Å². The van der Waals surface area contributed by atoms with Gasteiger partial charge in [0.05, 0.1) is 21.6 Å². The molecule has 0 spiro atoms. The molecule has 2 N–H and O–H groups in total. The number of halogens is 2. The van der Waals surface area contributed by atoms with E-state index in [0.717, 1.165) is 10.4 Å². The molecule has 1 unspecified atom stereocenters. The third-order valence-electron chi connectivity index (χ3n) is 2.07. The average Bonchev–Trinajstić information content (AvgIpc) is 2.74. The third kappa shape index (κ3) is 2.16. The molecular weight excluding hydrogens is 251 g/mol. The molecule has 0 aliphatic heterocycles. The van der Waals surface area contributed by atoms with Gasteiger partial charge >= 0.3 is 0 Å². The topological polar surface area (TPSA) is 38.9 Å². The maximum Gasteiger partial charge on any atom is 0.0794 e. The van der Waals surface area contributed by atoms with Crippen LogP contribution in [0.2, 0.25) is 10.0 Å². The second-order valence-electron chi connectivity index (χ2n) is 3.02. The second kappa shape index (κ2) is 4.49. The molecule has 0 saturated carbocycles. The first-order valence-corrected chi connectivity index (χ1v) is 5.91. The lowest BCUT2D eigenvalue weighted by Crippen LogP contribution is -2.10. The molecule has 0 aliphatic rings. The zero-order valence-corrected chi connectivity index (χ0v) is 9.98. The van der Waals surface area contributed by atoms with Gasteiger partial charge in [-0.2, -0.15) is 0 Å². The molecule has 2 aromatic rings. The summed E-state index contributed by atoms with van der Waals surface area (Å²) < 4.78 is 0. The van der Waals surface area contributed by atoms with Gasteiger partial charge in [0.15, 0.2) is 0 Å². The van der Waals surface area contributed by atoms with Crippen molar-refractivity contribution in [2.75, 3.05) is 0 Å². The van der Waals surface area contributed by atoms with Gasteiger partial charge in [0.2, 0.25) is 0 Å². The quantitative estimate of drug-likeness (QED) is 0.896. The van der Waals surface area contributed by atoms with Crippen molar-refractivity contribution in [1.29, 1.82) is 0 Å². The van der Waals surface area contributed by atoms with E-state index in [1.54, 1.807) is 17.8 Å². The van der Waals surface area contributed by atoms with E-state index in [2.05, 4.69) is 4.98 Å². The summed E-state index contributed by atoms with van der Waals surface area (Å²) in [7, 11) is 0. The summed E-state index contributed by atoms with van der Waals surface area (Å²) in [5.41, 5.74) is 8.63. The maximum absolute atomic E-state index is 6.08. The van der Waals surface area contributed by atoms with Gasteiger partial charge in [0, 0.05) is 11.1 Å². The van der Waals surface area contributed by atoms with E-state index in [0.29, 0.717) is 10.0 Å². The van der Waals surface area contributed by atoms with Gasteiger partial charge in [-0.25, -0.2) is 0 Å². The lowest BCUT2D eigenvalue weighted by atomic mass is 10.1. The Kier molecular flexibility index (Phi) is 3.26. The summed E-state index contributed by atoms with van der Waals surface area (Å²) in [5, 5.41) is 1.04. The van der Waals surface area contributed by atoms with Crippen LogP contribution in [0.15, 0.2) is 29.9 Å². The minimum Gasteiger partial charge on any atom is -0.320 e. The molecule has 78 valence electrons. The van der Waals surface area contributed by atoms with Crippen LogP contribution in [0.1, 0.15) is 16.5 Å². The van der Waals surface area contributed by atoms with E-state index in [9.17, 15) is 0 Å². The van der Waals surface area contributed by atoms with Gasteiger partial charge in [0.25, 0.3) is 0 Å². The molecule has 0 radical (unpaired) electrons. The molecule has 0 amide bonds. The van der Waals surface area contributed by atoms with E-state index in [-0.39, 0.29) is 6.04 Å². The Labute approximate surface area is 102 Å². The molecule has 2 nitrogen and oxygen atoms in total. The predicted molar refractivity (Wildman–Crippen MR) is 64.6 cm³/mol. The monoisotopic (exact) mass is 258 g/mol. The number of thiazole rings is 1. The number of aromatic nitrogens is 1. The Bertz CT molecular complexity index is 456. The average molecular weight is 259 g/mol. The van der Waals surface area contributed by atoms with E-state index in [1.165, 1.54) is 11.3 Å². The van der Waals surface area contributed by atoms with Crippen molar-refractivity contribution in [2.45, 2.75) is 6.04 Å². The normalized spacial score (nSPS) is 12.7. The predicted octanol–water partition coefficient (Wildman–Crippen LogP) is 3.50. The molecule has 0 saturated heterocycles. The standard InChI is InChI=1S/C10H8Cl2N2S/c11-7-3-1-2-6(9(7)12)10(13)8-4-14-5-15-8/h1-5,10H,13H2. The van der Waals surface area contributed by atoms with Crippen LogP contribution in [0.25, 0.3) is 0 Å². The van der Waals surface area contributed by atoms with Crippen LogP contribution in [0.4, 0.5) is 0 Å². The highest BCUT2D eigenvalue weighted by atomic mass is 35.5. The number of nitrogens with zero attached hydrogens (tertiary/aromatic N) is 1. The Morgan fingerprint density at radius 2 is 2.13 bits per heavy atom. The molecular formula is C10H8Cl2N2S. The lowest BCUT2D eigenvalue weighted by molar-refractivity contribution is 0.890. The van der Waals surface area contributed by atoms with Gasteiger partial charge < -0.3 is 5.73 Å². The molecule has 0 bridgehead atoms. The van der Waals surface area contributed by atoms with Crippen LogP contribution in [-0.2, 0) is 0 Å². The Morgan fingerprint density at radius 1 is 1.33 bits per heavy atom. The van der Waals surface area contributed by atoms with E-state index in [4.69, 9.17) is 28.9 Å². The maximum atomic E-state index is 6.08. The summed E-state index contributed by atoms with van der Waals surface area (Å²) in [6.07, 6.45) is 1.74. The van der Waals surface area contributed by atoms with Crippen molar-refractivity contribution in [1.82, 2.24) is 4.98 Å². The first kappa shape index (κ1) is 10.9. The highest BCUT2D eigenvalue weighted by Crippen LogP contribution is 2.32. The zero-order valence-electron chi connectivity index (χ0n) is 7.65. The van der Waals surface area contributed by atoms with E-state index < -0.39 is 0 Å². The van der Waals surface area contributed by atoms with Crippen LogP contribution in [-0.4, -0.2) is 4.98 Å². The smallest absolute Gasteiger partial charge is 0.0794 e. The Hall–Kier alpha value is -0.610. The van der Waals surface area contributed by atoms with Crippen LogP contribution >= 0.6 is 34.5 Å². The van der Waals surface area contributed by atoms with E-state index in [1.807, 2.05) is 12.1 Å². The van der Waals surface area contributed by atoms with Crippen LogP contribution in [0, 0.1) is 0 Å². The van der Waals surface area contributed by atoms with Crippen molar-refractivity contribution >= 4 is 34.5 Å². The number of rotatable bonds is 2. The third-order valence-corrected chi connectivity index (χ3v) is 3.77. The van der Waals surface area contributed by atoms with Crippen molar-refractivity contribution < 1.29 is 0 Å². The highest BCUT2D eigenvalue weighted by Gasteiger charge is 2.15. The minimum absolute atomic E-state index is 0.260. The first-order chi connectivity index (χ1) is 7.20. The minimum atomic E-state index is -0.260. The summed E-state index contributed by atoms with van der Waals surface area (Å²) >= 11 is 13.5. The largest absolute Gasteiger partial charge is 0.320 e. The molecule has 5 heteroatoms. The van der Waals surface area contributed by atoms with E-state index >= 15 is 0 Å². The fourth-order valence-electron chi connectivity index (χ4n) is 1.29. The van der Waals surface area contributed by atoms with Crippen LogP contribution in [0.3, 0.4) is 0 Å². The molecule has 1 aromatic carbocycles. The van der Waals surface area contributed by atoms with Crippen molar-refractivity contribution in [3.63, 3.8) is 0 Å². The Balaban J connectivity index is 2.42. The van der Waals surface area contributed by atoms with Gasteiger partial charge in [-0.3, -0.25) is 4.98 Å². The fraction of sp³-hybridized carbons (Fsp3) is 0.100. The summed E-state index contributed by atoms with van der Waals surface area (Å²) in [5.74, 6) is 0. The SMILES string of the molecule is NC(c1cncs1)c1cccc(Cl)c1Cl. The summed E-state index contributed by atoms with van der Waals surface area (Å²) in [6, 6.07) is 5.19. The van der Waals surface area contributed by atoms with Gasteiger partial charge in [-0.05, 0) is 11.6 Å². The highest BCUT2D eigenvalue weighted by molar-refractivity contribution is 7.09. The van der Waals surface area contributed by atoms with Crippen LogP contribution < -0.4 is 5.73 Å². The fourth-order valence-corrected chi connectivity index (χ4v) is 2.36. The van der Waals surface area contributed by atoms with Crippen molar-refractivity contribution in [2.24, 2.45) is 5.73 Å². The summed E-state index contributed by atoms with van der Waals surface area (Å²) in [6.45, 7) is 0. The van der Waals surface area contributed by atoms with Crippen molar-refractivity contribution in [3.05, 3.63) is 50.4 Å².